The van der Waals surface area contributed by atoms with E-state index in [1.54, 1.807) is 0 Å². The van der Waals surface area contributed by atoms with Gasteiger partial charge in [-0.25, -0.2) is 4.98 Å². The number of pyridine rings is 2. The topological polar surface area (TPSA) is 69.1 Å². The molecule has 21 heavy (non-hydrogen) atoms. The number of hydrogen-bond acceptors (Lipinski definition) is 5. The van der Waals surface area contributed by atoms with Crippen molar-refractivity contribution in [3.63, 3.8) is 0 Å². The van der Waals surface area contributed by atoms with Crippen molar-refractivity contribution in [3.05, 3.63) is 54.7 Å². The molecule has 0 aliphatic rings. The van der Waals surface area contributed by atoms with Gasteiger partial charge < -0.3 is 5.73 Å². The van der Waals surface area contributed by atoms with Crippen molar-refractivity contribution in [1.29, 1.82) is 0 Å². The van der Waals surface area contributed by atoms with Gasteiger partial charge in [0.05, 0.1) is 5.52 Å². The summed E-state index contributed by atoms with van der Waals surface area (Å²) >= 11 is 1.49. The second-order valence-corrected chi connectivity index (χ2v) is 5.60. The van der Waals surface area contributed by atoms with E-state index in [1.807, 2.05) is 59.1 Å². The van der Waals surface area contributed by atoms with Crippen LogP contribution in [0.5, 0.6) is 0 Å². The van der Waals surface area contributed by atoms with Crippen LogP contribution in [0, 0.1) is 0 Å². The summed E-state index contributed by atoms with van der Waals surface area (Å²) in [4.78, 5) is 4.62. The number of hydrogen-bond donors (Lipinski definition) is 1. The second kappa shape index (κ2) is 4.75. The molecule has 1 aromatic carbocycles. The van der Waals surface area contributed by atoms with E-state index < -0.39 is 0 Å². The largest absolute Gasteiger partial charge is 0.399 e. The van der Waals surface area contributed by atoms with E-state index in [4.69, 9.17) is 5.73 Å². The number of benzene rings is 1. The highest BCUT2D eigenvalue weighted by Gasteiger charge is 2.08. The van der Waals surface area contributed by atoms with Gasteiger partial charge in [0.2, 0.25) is 5.16 Å². The monoisotopic (exact) mass is 293 g/mol. The van der Waals surface area contributed by atoms with E-state index in [0.29, 0.717) is 0 Å². The fraction of sp³-hybridized carbons (Fsp3) is 0. The molecule has 0 fully saturated rings. The molecule has 4 aromatic rings. The summed E-state index contributed by atoms with van der Waals surface area (Å²) in [6.45, 7) is 0. The third-order valence-electron chi connectivity index (χ3n) is 3.17. The van der Waals surface area contributed by atoms with Gasteiger partial charge in [0.25, 0.3) is 0 Å². The van der Waals surface area contributed by atoms with E-state index in [1.165, 1.54) is 11.8 Å². The first-order valence-electron chi connectivity index (χ1n) is 6.43. The normalized spacial score (nSPS) is 11.2. The quantitative estimate of drug-likeness (QED) is 0.575. The predicted molar refractivity (Wildman–Crippen MR) is 83.3 cm³/mol. The smallest absolute Gasteiger partial charge is 0.201 e. The van der Waals surface area contributed by atoms with Crippen LogP contribution in [0.3, 0.4) is 0 Å². The predicted octanol–water partition coefficient (Wildman–Crippen LogP) is 3.01. The maximum Gasteiger partial charge on any atom is 0.201 e. The minimum atomic E-state index is 0.744. The van der Waals surface area contributed by atoms with Crippen LogP contribution in [0.15, 0.2) is 64.9 Å². The summed E-state index contributed by atoms with van der Waals surface area (Å²) in [5.41, 5.74) is 8.27. The van der Waals surface area contributed by atoms with E-state index >= 15 is 0 Å². The van der Waals surface area contributed by atoms with Crippen LogP contribution >= 0.6 is 11.8 Å². The Kier molecular flexibility index (Phi) is 2.75. The molecule has 0 radical (unpaired) electrons. The van der Waals surface area contributed by atoms with E-state index in [0.717, 1.165) is 32.4 Å². The van der Waals surface area contributed by atoms with Crippen LogP contribution < -0.4 is 5.73 Å². The number of nitrogens with zero attached hydrogens (tertiary/aromatic N) is 4. The third kappa shape index (κ3) is 2.19. The third-order valence-corrected chi connectivity index (χ3v) is 4.06. The maximum absolute atomic E-state index is 5.78. The van der Waals surface area contributed by atoms with Crippen molar-refractivity contribution in [2.24, 2.45) is 0 Å². The lowest BCUT2D eigenvalue weighted by Gasteiger charge is -2.02. The lowest BCUT2D eigenvalue weighted by Crippen LogP contribution is -1.89. The Morgan fingerprint density at radius 3 is 2.90 bits per heavy atom. The number of rotatable bonds is 2. The lowest BCUT2D eigenvalue weighted by molar-refractivity contribution is 0.918. The lowest BCUT2D eigenvalue weighted by atomic mass is 10.2. The van der Waals surface area contributed by atoms with Gasteiger partial charge in [-0.2, -0.15) is 0 Å². The van der Waals surface area contributed by atoms with E-state index in [-0.39, 0.29) is 0 Å². The maximum atomic E-state index is 5.78. The molecule has 0 spiro atoms. The Labute approximate surface area is 124 Å². The molecule has 0 aliphatic carbocycles. The van der Waals surface area contributed by atoms with Crippen molar-refractivity contribution in [2.45, 2.75) is 10.2 Å². The van der Waals surface area contributed by atoms with E-state index in [9.17, 15) is 0 Å². The SMILES string of the molecule is Nc1ccc2nc(Sc3nnc4ccccn34)ccc2c1. The molecule has 0 saturated carbocycles. The molecule has 4 rings (SSSR count). The molecule has 3 aromatic heterocycles. The minimum absolute atomic E-state index is 0.744. The van der Waals surface area contributed by atoms with Gasteiger partial charge >= 0.3 is 0 Å². The molecule has 2 N–H and O–H groups in total. The summed E-state index contributed by atoms with van der Waals surface area (Å²) in [7, 11) is 0. The van der Waals surface area contributed by atoms with Gasteiger partial charge in [-0.05, 0) is 48.2 Å². The van der Waals surface area contributed by atoms with Gasteiger partial charge in [-0.1, -0.05) is 12.1 Å². The van der Waals surface area contributed by atoms with Crippen LogP contribution in [0.1, 0.15) is 0 Å². The summed E-state index contributed by atoms with van der Waals surface area (Å²) in [6, 6.07) is 15.5. The van der Waals surface area contributed by atoms with Crippen LogP contribution in [0.2, 0.25) is 0 Å². The van der Waals surface area contributed by atoms with Gasteiger partial charge in [0, 0.05) is 17.3 Å². The minimum Gasteiger partial charge on any atom is -0.399 e. The Morgan fingerprint density at radius 1 is 1.00 bits per heavy atom. The molecule has 0 unspecified atom stereocenters. The Bertz CT molecular complexity index is 947. The molecule has 5 nitrogen and oxygen atoms in total. The van der Waals surface area contributed by atoms with Gasteiger partial charge in [0.1, 0.15) is 5.03 Å². The first-order valence-corrected chi connectivity index (χ1v) is 7.25. The van der Waals surface area contributed by atoms with Crippen LogP contribution in [0.4, 0.5) is 5.69 Å². The number of aromatic nitrogens is 4. The number of anilines is 1. The van der Waals surface area contributed by atoms with Gasteiger partial charge in [-0.3, -0.25) is 4.40 Å². The fourth-order valence-corrected chi connectivity index (χ4v) is 2.97. The zero-order valence-electron chi connectivity index (χ0n) is 11.0. The van der Waals surface area contributed by atoms with Gasteiger partial charge in [0.15, 0.2) is 5.65 Å². The first-order chi connectivity index (χ1) is 10.3. The fourth-order valence-electron chi connectivity index (χ4n) is 2.16. The Morgan fingerprint density at radius 2 is 1.95 bits per heavy atom. The Balaban J connectivity index is 1.75. The average Bonchev–Trinajstić information content (AvgIpc) is 2.91. The molecule has 0 bridgehead atoms. The summed E-state index contributed by atoms with van der Waals surface area (Å²) < 4.78 is 1.94. The van der Waals surface area contributed by atoms with Gasteiger partial charge in [-0.15, -0.1) is 10.2 Å². The molecular formula is C15H11N5S. The molecule has 3 heterocycles. The molecular weight excluding hydrogens is 282 g/mol. The highest BCUT2D eigenvalue weighted by molar-refractivity contribution is 7.99. The zero-order chi connectivity index (χ0) is 14.2. The molecule has 0 atom stereocenters. The molecule has 6 heteroatoms. The molecule has 0 amide bonds. The van der Waals surface area contributed by atoms with Crippen molar-refractivity contribution in [1.82, 2.24) is 19.6 Å². The molecule has 0 saturated heterocycles. The molecule has 102 valence electrons. The van der Waals surface area contributed by atoms with Crippen molar-refractivity contribution in [3.8, 4) is 0 Å². The highest BCUT2D eigenvalue weighted by Crippen LogP contribution is 2.27. The molecule has 0 aliphatic heterocycles. The Hall–Kier alpha value is -2.60. The van der Waals surface area contributed by atoms with Crippen LogP contribution in [0.25, 0.3) is 16.6 Å². The average molecular weight is 293 g/mol. The first kappa shape index (κ1) is 12.2. The van der Waals surface area contributed by atoms with E-state index in [2.05, 4.69) is 15.2 Å². The van der Waals surface area contributed by atoms with Crippen molar-refractivity contribution < 1.29 is 0 Å². The number of nitrogens with two attached hydrogens (primary N) is 1. The number of nitrogen functional groups attached to an aromatic ring is 1. The summed E-state index contributed by atoms with van der Waals surface area (Å²) in [5.74, 6) is 0. The standard InChI is InChI=1S/C15H11N5S/c16-11-5-6-12-10(9-11)4-7-14(17-12)21-15-19-18-13-3-1-2-8-20(13)15/h1-9H,16H2. The zero-order valence-corrected chi connectivity index (χ0v) is 11.8. The van der Waals surface area contributed by atoms with Crippen molar-refractivity contribution in [2.75, 3.05) is 5.73 Å². The summed E-state index contributed by atoms with van der Waals surface area (Å²) in [6.07, 6.45) is 1.94. The van der Waals surface area contributed by atoms with Crippen molar-refractivity contribution >= 4 is 34.0 Å². The van der Waals surface area contributed by atoms with Crippen LogP contribution in [-0.4, -0.2) is 19.6 Å². The highest BCUT2D eigenvalue weighted by atomic mass is 32.2. The summed E-state index contributed by atoms with van der Waals surface area (Å²) in [5, 5.41) is 11.0. The second-order valence-electron chi connectivity index (χ2n) is 4.62. The number of fused-ring (bicyclic) bond motifs is 2. The van der Waals surface area contributed by atoms with Crippen LogP contribution in [-0.2, 0) is 0 Å².